The Kier molecular flexibility index (Phi) is 7.76. The number of hydrogen-bond donors (Lipinski definition) is 2. The van der Waals surface area contributed by atoms with Crippen LogP contribution in [0.4, 0.5) is 0 Å². The molecule has 1 rings (SSSR count). The van der Waals surface area contributed by atoms with Gasteiger partial charge in [-0.05, 0) is 45.3 Å². The fourth-order valence-corrected chi connectivity index (χ4v) is 2.51. The van der Waals surface area contributed by atoms with Crippen molar-refractivity contribution >= 4 is 5.97 Å². The quantitative estimate of drug-likeness (QED) is 0.760. The Morgan fingerprint density at radius 1 is 1.15 bits per heavy atom. The lowest BCUT2D eigenvalue weighted by Gasteiger charge is -2.29. The highest BCUT2D eigenvalue weighted by molar-refractivity contribution is 5.62. The zero-order valence-electron chi connectivity index (χ0n) is 13.7. The van der Waals surface area contributed by atoms with E-state index in [2.05, 4.69) is 34.6 Å². The van der Waals surface area contributed by atoms with Crippen molar-refractivity contribution in [1.82, 2.24) is 0 Å². The molecule has 20 heavy (non-hydrogen) atoms. The fraction of sp³-hybridized carbons (Fsp3) is 0.688. The van der Waals surface area contributed by atoms with Crippen LogP contribution in [0.1, 0.15) is 48.0 Å². The van der Waals surface area contributed by atoms with Crippen LogP contribution in [0, 0.1) is 5.41 Å². The predicted molar refractivity (Wildman–Crippen MR) is 82.7 cm³/mol. The predicted octanol–water partition coefficient (Wildman–Crippen LogP) is 3.14. The van der Waals surface area contributed by atoms with E-state index in [1.807, 2.05) is 0 Å². The second-order valence-corrected chi connectivity index (χ2v) is 5.50. The van der Waals surface area contributed by atoms with Crippen molar-refractivity contribution in [2.45, 2.75) is 48.0 Å². The first-order valence-corrected chi connectivity index (χ1v) is 7.02. The van der Waals surface area contributed by atoms with Gasteiger partial charge in [0.1, 0.15) is 0 Å². The molecule has 0 aromatic heterocycles. The lowest BCUT2D eigenvalue weighted by molar-refractivity contribution is -0.134. The van der Waals surface area contributed by atoms with Crippen LogP contribution < -0.4 is 5.73 Å². The number of allylic oxidation sites excluding steroid dienone is 4. The van der Waals surface area contributed by atoms with Crippen LogP contribution in [0.25, 0.3) is 0 Å². The maximum absolute atomic E-state index is 9.00. The van der Waals surface area contributed by atoms with Crippen molar-refractivity contribution < 1.29 is 14.6 Å². The van der Waals surface area contributed by atoms with Gasteiger partial charge < -0.3 is 15.6 Å². The van der Waals surface area contributed by atoms with Gasteiger partial charge in [-0.3, -0.25) is 4.79 Å². The van der Waals surface area contributed by atoms with E-state index in [1.165, 1.54) is 22.3 Å². The van der Waals surface area contributed by atoms with Gasteiger partial charge in [0, 0.05) is 25.5 Å². The average Bonchev–Trinajstić information content (AvgIpc) is 2.51. The molecule has 116 valence electrons. The lowest BCUT2D eigenvalue weighted by Crippen LogP contribution is -2.21. The molecule has 0 heterocycles. The summed E-state index contributed by atoms with van der Waals surface area (Å²) >= 11 is 0. The summed E-state index contributed by atoms with van der Waals surface area (Å²) in [5.74, 6) is -0.833. The average molecular weight is 283 g/mol. The smallest absolute Gasteiger partial charge is 0.300 e. The van der Waals surface area contributed by atoms with Gasteiger partial charge in [-0.2, -0.15) is 0 Å². The highest BCUT2D eigenvalue weighted by Gasteiger charge is 2.35. The summed E-state index contributed by atoms with van der Waals surface area (Å²) in [5, 5.41) is 7.42. The Labute approximate surface area is 122 Å². The third-order valence-electron chi connectivity index (χ3n) is 4.35. The molecule has 4 nitrogen and oxygen atoms in total. The van der Waals surface area contributed by atoms with E-state index < -0.39 is 5.97 Å². The van der Waals surface area contributed by atoms with E-state index in [4.69, 9.17) is 20.4 Å². The minimum Gasteiger partial charge on any atom is -0.481 e. The molecule has 3 N–H and O–H groups in total. The minimum atomic E-state index is -0.833. The summed E-state index contributed by atoms with van der Waals surface area (Å²) in [6.07, 6.45) is 1.05. The first kappa shape index (κ1) is 18.9. The summed E-state index contributed by atoms with van der Waals surface area (Å²) < 4.78 is 5.51. The Hall–Kier alpha value is -1.13. The van der Waals surface area contributed by atoms with Gasteiger partial charge >= 0.3 is 0 Å². The van der Waals surface area contributed by atoms with Gasteiger partial charge in [-0.1, -0.05) is 18.1 Å². The van der Waals surface area contributed by atoms with Gasteiger partial charge in [0.15, 0.2) is 0 Å². The number of rotatable bonds is 5. The Balaban J connectivity index is 0.000000796. The maximum atomic E-state index is 9.00. The second kappa shape index (κ2) is 8.22. The first-order valence-electron chi connectivity index (χ1n) is 7.02. The molecule has 0 amide bonds. The topological polar surface area (TPSA) is 72.5 Å². The number of carboxylic acids is 1. The molecule has 1 aliphatic rings. The van der Waals surface area contributed by atoms with E-state index in [0.29, 0.717) is 13.2 Å². The standard InChI is InChI=1S/C14H25NO.C2H4O2/c1-10-11(2)13(4)14(5,12(10)3)6-8-16-9-7-15;1-2(3)4/h6-9,15H2,1-5H3;1H3,(H,3,4). The van der Waals surface area contributed by atoms with Crippen molar-refractivity contribution in [3.05, 3.63) is 22.3 Å². The summed E-state index contributed by atoms with van der Waals surface area (Å²) in [6, 6.07) is 0. The molecule has 0 unspecified atom stereocenters. The Morgan fingerprint density at radius 2 is 1.55 bits per heavy atom. The third-order valence-corrected chi connectivity index (χ3v) is 4.35. The minimum absolute atomic E-state index is 0.197. The maximum Gasteiger partial charge on any atom is 0.300 e. The highest BCUT2D eigenvalue weighted by Crippen LogP contribution is 2.48. The molecular weight excluding hydrogens is 254 g/mol. The molecule has 0 bridgehead atoms. The normalized spacial score (nSPS) is 17.1. The van der Waals surface area contributed by atoms with Crippen LogP contribution >= 0.6 is 0 Å². The molecule has 0 fully saturated rings. The van der Waals surface area contributed by atoms with Gasteiger partial charge in [-0.25, -0.2) is 0 Å². The van der Waals surface area contributed by atoms with Gasteiger partial charge in [0.05, 0.1) is 6.61 Å². The highest BCUT2D eigenvalue weighted by atomic mass is 16.5. The van der Waals surface area contributed by atoms with E-state index in [1.54, 1.807) is 0 Å². The number of ether oxygens (including phenoxy) is 1. The number of nitrogens with two attached hydrogens (primary N) is 1. The van der Waals surface area contributed by atoms with Crippen molar-refractivity contribution in [2.24, 2.45) is 11.1 Å². The van der Waals surface area contributed by atoms with Gasteiger partial charge in [-0.15, -0.1) is 0 Å². The van der Waals surface area contributed by atoms with E-state index in [0.717, 1.165) is 20.0 Å². The molecular formula is C16H29NO3. The fourth-order valence-electron chi connectivity index (χ4n) is 2.51. The molecule has 0 atom stereocenters. The van der Waals surface area contributed by atoms with E-state index >= 15 is 0 Å². The van der Waals surface area contributed by atoms with Crippen LogP contribution in [-0.2, 0) is 9.53 Å². The van der Waals surface area contributed by atoms with Crippen molar-refractivity contribution in [2.75, 3.05) is 19.8 Å². The molecule has 0 saturated carbocycles. The van der Waals surface area contributed by atoms with Crippen LogP contribution in [0.2, 0.25) is 0 Å². The Morgan fingerprint density at radius 3 is 1.90 bits per heavy atom. The molecule has 0 spiro atoms. The van der Waals surface area contributed by atoms with Crippen LogP contribution in [0.15, 0.2) is 22.3 Å². The van der Waals surface area contributed by atoms with Crippen LogP contribution in [0.5, 0.6) is 0 Å². The molecule has 0 saturated heterocycles. The number of aliphatic carboxylic acids is 1. The SMILES string of the molecule is CC(=O)O.CC1=C(C)C(C)(CCOCCN)C(C)=C1C. The molecule has 0 aromatic carbocycles. The third kappa shape index (κ3) is 4.76. The van der Waals surface area contributed by atoms with Crippen LogP contribution in [0.3, 0.4) is 0 Å². The summed E-state index contributed by atoms with van der Waals surface area (Å²) in [5.41, 5.74) is 11.5. The summed E-state index contributed by atoms with van der Waals surface area (Å²) in [7, 11) is 0. The molecule has 0 aliphatic heterocycles. The van der Waals surface area contributed by atoms with E-state index in [-0.39, 0.29) is 5.41 Å². The number of hydrogen-bond acceptors (Lipinski definition) is 3. The Bertz CT molecular complexity index is 380. The van der Waals surface area contributed by atoms with Crippen molar-refractivity contribution in [3.8, 4) is 0 Å². The molecule has 0 aromatic rings. The van der Waals surface area contributed by atoms with Gasteiger partial charge in [0.2, 0.25) is 0 Å². The van der Waals surface area contributed by atoms with Crippen molar-refractivity contribution in [1.29, 1.82) is 0 Å². The lowest BCUT2D eigenvalue weighted by atomic mass is 9.77. The zero-order chi connectivity index (χ0) is 15.9. The monoisotopic (exact) mass is 283 g/mol. The number of carboxylic acid groups (broad SMARTS) is 1. The molecule has 4 heteroatoms. The molecule has 1 aliphatic carbocycles. The first-order chi connectivity index (χ1) is 9.18. The largest absolute Gasteiger partial charge is 0.481 e. The van der Waals surface area contributed by atoms with E-state index in [9.17, 15) is 0 Å². The zero-order valence-corrected chi connectivity index (χ0v) is 13.7. The molecule has 0 radical (unpaired) electrons. The van der Waals surface area contributed by atoms with Gasteiger partial charge in [0.25, 0.3) is 5.97 Å². The second-order valence-electron chi connectivity index (χ2n) is 5.50. The number of carbonyl (C=O) groups is 1. The van der Waals surface area contributed by atoms with Crippen molar-refractivity contribution in [3.63, 3.8) is 0 Å². The summed E-state index contributed by atoms with van der Waals surface area (Å²) in [6.45, 7) is 14.4. The summed E-state index contributed by atoms with van der Waals surface area (Å²) in [4.78, 5) is 9.00. The van der Waals surface area contributed by atoms with Crippen LogP contribution in [-0.4, -0.2) is 30.8 Å².